The van der Waals surface area contributed by atoms with Crippen molar-refractivity contribution in [3.8, 4) is 17.4 Å². The second-order valence-corrected chi connectivity index (χ2v) is 10.6. The molecule has 0 spiro atoms. The van der Waals surface area contributed by atoms with Crippen molar-refractivity contribution in [3.63, 3.8) is 0 Å². The highest BCUT2D eigenvalue weighted by Crippen LogP contribution is 2.30. The van der Waals surface area contributed by atoms with E-state index in [0.717, 1.165) is 0 Å². The van der Waals surface area contributed by atoms with Crippen LogP contribution in [0.2, 0.25) is 5.02 Å². The number of nitrogens with one attached hydrogen (secondary N) is 1. The number of hydrogen-bond acceptors (Lipinski definition) is 10. The summed E-state index contributed by atoms with van der Waals surface area (Å²) in [5.41, 5.74) is 0.442. The highest BCUT2D eigenvalue weighted by molar-refractivity contribution is 7.93. The van der Waals surface area contributed by atoms with Gasteiger partial charge in [-0.2, -0.15) is 5.10 Å². The van der Waals surface area contributed by atoms with E-state index in [-0.39, 0.29) is 5.95 Å². The van der Waals surface area contributed by atoms with Gasteiger partial charge in [0.05, 0.1) is 23.4 Å². The maximum atomic E-state index is 13.4. The van der Waals surface area contributed by atoms with Crippen LogP contribution in [0.1, 0.15) is 44.4 Å². The van der Waals surface area contributed by atoms with Crippen molar-refractivity contribution < 1.29 is 13.2 Å². The highest BCUT2D eigenvalue weighted by Gasteiger charge is 2.32. The SMILES string of the molecule is COc1cccc(-c2nnc(NS(=O)(=O)[C@@H](C)[C@H](C)c3ncc(Cl)cn3)n2[C@H](C)c2ncnn2C)n1. The van der Waals surface area contributed by atoms with Gasteiger partial charge in [0.15, 0.2) is 5.82 Å². The van der Waals surface area contributed by atoms with Gasteiger partial charge in [-0.15, -0.1) is 10.2 Å². The summed E-state index contributed by atoms with van der Waals surface area (Å²) in [7, 11) is -0.714. The molecule has 15 heteroatoms. The van der Waals surface area contributed by atoms with E-state index in [1.54, 1.807) is 48.3 Å². The summed E-state index contributed by atoms with van der Waals surface area (Å²) in [6.07, 6.45) is 4.28. The predicted molar refractivity (Wildman–Crippen MR) is 132 cm³/mol. The monoisotopic (exact) mass is 532 g/mol. The third-order valence-corrected chi connectivity index (χ3v) is 7.89. The Labute approximate surface area is 213 Å². The molecule has 190 valence electrons. The van der Waals surface area contributed by atoms with Crippen LogP contribution in [0.3, 0.4) is 0 Å². The van der Waals surface area contributed by atoms with E-state index < -0.39 is 27.2 Å². The molecule has 4 rings (SSSR count). The zero-order valence-electron chi connectivity index (χ0n) is 20.2. The van der Waals surface area contributed by atoms with Crippen molar-refractivity contribution in [1.29, 1.82) is 0 Å². The Morgan fingerprint density at radius 3 is 2.44 bits per heavy atom. The molecule has 1 N–H and O–H groups in total. The van der Waals surface area contributed by atoms with E-state index in [1.165, 1.54) is 25.8 Å². The van der Waals surface area contributed by atoms with Gasteiger partial charge >= 0.3 is 0 Å². The number of nitrogens with zero attached hydrogens (tertiary/aromatic N) is 9. The summed E-state index contributed by atoms with van der Waals surface area (Å²) < 4.78 is 37.9. The molecule has 0 aliphatic carbocycles. The normalized spacial score (nSPS) is 14.3. The fourth-order valence-corrected chi connectivity index (χ4v) is 4.95. The van der Waals surface area contributed by atoms with E-state index >= 15 is 0 Å². The van der Waals surface area contributed by atoms with Gasteiger partial charge in [0.25, 0.3) is 0 Å². The molecule has 0 bridgehead atoms. The second-order valence-electron chi connectivity index (χ2n) is 8.10. The molecule has 0 unspecified atom stereocenters. The minimum absolute atomic E-state index is 0.00111. The molecule has 0 amide bonds. The summed E-state index contributed by atoms with van der Waals surface area (Å²) in [6.45, 7) is 5.14. The lowest BCUT2D eigenvalue weighted by molar-refractivity contribution is 0.398. The van der Waals surface area contributed by atoms with Gasteiger partial charge in [0, 0.05) is 31.4 Å². The van der Waals surface area contributed by atoms with E-state index in [9.17, 15) is 8.42 Å². The van der Waals surface area contributed by atoms with Crippen molar-refractivity contribution in [2.45, 2.75) is 38.0 Å². The number of rotatable bonds is 9. The first kappa shape index (κ1) is 25.4. The van der Waals surface area contributed by atoms with E-state index in [4.69, 9.17) is 16.3 Å². The summed E-state index contributed by atoms with van der Waals surface area (Å²) in [4.78, 5) is 17.1. The van der Waals surface area contributed by atoms with Crippen LogP contribution in [0, 0.1) is 0 Å². The zero-order chi connectivity index (χ0) is 26.0. The Morgan fingerprint density at radius 1 is 1.08 bits per heavy atom. The summed E-state index contributed by atoms with van der Waals surface area (Å²) in [5.74, 6) is 1.08. The molecule has 0 aliphatic heterocycles. The fraction of sp³-hybridized carbons (Fsp3) is 0.381. The molecule has 13 nitrogen and oxygen atoms in total. The van der Waals surface area contributed by atoms with Crippen molar-refractivity contribution in [3.05, 3.63) is 53.6 Å². The minimum atomic E-state index is -3.96. The van der Waals surface area contributed by atoms with Crippen LogP contribution in [-0.2, 0) is 17.1 Å². The minimum Gasteiger partial charge on any atom is -0.481 e. The van der Waals surface area contributed by atoms with Gasteiger partial charge in [-0.25, -0.2) is 28.4 Å². The third-order valence-electron chi connectivity index (χ3n) is 5.84. The Kier molecular flexibility index (Phi) is 7.17. The number of aryl methyl sites for hydroxylation is 1. The molecule has 0 saturated heterocycles. The average Bonchev–Trinajstić information content (AvgIpc) is 3.49. The smallest absolute Gasteiger partial charge is 0.239 e. The highest BCUT2D eigenvalue weighted by atomic mass is 35.5. The largest absolute Gasteiger partial charge is 0.481 e. The number of aromatic nitrogens is 9. The van der Waals surface area contributed by atoms with Gasteiger partial charge in [-0.3, -0.25) is 14.0 Å². The number of sulfonamides is 1. The molecule has 36 heavy (non-hydrogen) atoms. The Bertz CT molecular complexity index is 1450. The first-order chi connectivity index (χ1) is 17.1. The van der Waals surface area contributed by atoms with E-state index in [0.29, 0.717) is 34.1 Å². The number of hydrogen-bond donors (Lipinski definition) is 1. The predicted octanol–water partition coefficient (Wildman–Crippen LogP) is 2.46. The zero-order valence-corrected chi connectivity index (χ0v) is 21.8. The van der Waals surface area contributed by atoms with Crippen molar-refractivity contribution in [2.24, 2.45) is 7.05 Å². The molecular weight excluding hydrogens is 508 g/mol. The molecule has 4 aromatic heterocycles. The number of halogens is 1. The lowest BCUT2D eigenvalue weighted by Crippen LogP contribution is -2.32. The first-order valence-corrected chi connectivity index (χ1v) is 12.8. The van der Waals surface area contributed by atoms with Crippen LogP contribution in [0.4, 0.5) is 5.95 Å². The molecular formula is C21H25ClN10O3S. The molecule has 4 heterocycles. The molecule has 0 fully saturated rings. The van der Waals surface area contributed by atoms with Gasteiger partial charge in [0.1, 0.15) is 23.7 Å². The average molecular weight is 533 g/mol. The van der Waals surface area contributed by atoms with Crippen LogP contribution >= 0.6 is 11.6 Å². The maximum Gasteiger partial charge on any atom is 0.239 e. The van der Waals surface area contributed by atoms with Crippen LogP contribution in [-0.4, -0.2) is 65.3 Å². The molecule has 0 aromatic carbocycles. The van der Waals surface area contributed by atoms with Gasteiger partial charge < -0.3 is 4.74 Å². The van der Waals surface area contributed by atoms with Crippen molar-refractivity contribution >= 4 is 27.6 Å². The summed E-state index contributed by atoms with van der Waals surface area (Å²) in [5, 5.41) is 12.0. The van der Waals surface area contributed by atoms with Gasteiger partial charge in [-0.05, 0) is 19.9 Å². The van der Waals surface area contributed by atoms with Crippen molar-refractivity contribution in [2.75, 3.05) is 11.8 Å². The van der Waals surface area contributed by atoms with Crippen molar-refractivity contribution in [1.82, 2.24) is 44.5 Å². The van der Waals surface area contributed by atoms with Gasteiger partial charge in [-0.1, -0.05) is 24.6 Å². The summed E-state index contributed by atoms with van der Waals surface area (Å²) >= 11 is 5.87. The van der Waals surface area contributed by atoms with Crippen LogP contribution in [0.5, 0.6) is 5.88 Å². The first-order valence-electron chi connectivity index (χ1n) is 10.9. The molecule has 0 aliphatic rings. The second kappa shape index (κ2) is 10.1. The van der Waals surface area contributed by atoms with Crippen LogP contribution in [0.25, 0.3) is 11.5 Å². The van der Waals surface area contributed by atoms with E-state index in [2.05, 4.69) is 40.0 Å². The maximum absolute atomic E-state index is 13.4. The summed E-state index contributed by atoms with van der Waals surface area (Å²) in [6, 6.07) is 4.68. The molecule has 0 saturated carbocycles. The number of anilines is 1. The third kappa shape index (κ3) is 4.99. The molecule has 0 radical (unpaired) electrons. The lowest BCUT2D eigenvalue weighted by atomic mass is 10.1. The number of methoxy groups -OCH3 is 1. The molecule has 4 aromatic rings. The fourth-order valence-electron chi connectivity index (χ4n) is 3.61. The lowest BCUT2D eigenvalue weighted by Gasteiger charge is -2.22. The number of ether oxygens (including phenoxy) is 1. The quantitative estimate of drug-likeness (QED) is 0.339. The van der Waals surface area contributed by atoms with Crippen LogP contribution < -0.4 is 9.46 Å². The topological polar surface area (TPSA) is 155 Å². The standard InChI is InChI=1S/C21H25ClN10O3S/c1-12(18-23-9-15(22)10-24-18)14(3)36(33,34)30-21-29-28-20(16-7-6-8-17(27-16)35-5)32(21)13(2)19-25-11-26-31(19)4/h6-14H,1-5H3,(H,29,30)/t12-,13+,14-/m0/s1. The van der Waals surface area contributed by atoms with Crippen LogP contribution in [0.15, 0.2) is 36.9 Å². The Hall–Kier alpha value is -3.65. The van der Waals surface area contributed by atoms with E-state index in [1.807, 2.05) is 6.92 Å². The Morgan fingerprint density at radius 2 is 1.81 bits per heavy atom. The van der Waals surface area contributed by atoms with Gasteiger partial charge in [0.2, 0.25) is 21.9 Å². The number of pyridine rings is 1. The molecule has 3 atom stereocenters. The Balaban J connectivity index is 1.74.